The summed E-state index contributed by atoms with van der Waals surface area (Å²) < 4.78 is 5.92. The van der Waals surface area contributed by atoms with Crippen molar-refractivity contribution >= 4 is 23.2 Å². The van der Waals surface area contributed by atoms with E-state index in [1.54, 1.807) is 29.2 Å². The molecule has 0 aromatic heterocycles. The summed E-state index contributed by atoms with van der Waals surface area (Å²) in [5.41, 5.74) is 2.77. The molecule has 0 radical (unpaired) electrons. The molecule has 1 N–H and O–H groups in total. The van der Waals surface area contributed by atoms with Gasteiger partial charge >= 0.3 is 0 Å². The molecule has 0 saturated heterocycles. The van der Waals surface area contributed by atoms with Crippen LogP contribution in [0.2, 0.25) is 0 Å². The van der Waals surface area contributed by atoms with Crippen LogP contribution in [0.15, 0.2) is 55.1 Å². The molecule has 5 heteroatoms. The number of ether oxygens (including phenoxy) is 1. The van der Waals surface area contributed by atoms with E-state index in [4.69, 9.17) is 4.74 Å². The molecule has 0 spiro atoms. The highest BCUT2D eigenvalue weighted by molar-refractivity contribution is 6.00. The average molecular weight is 378 g/mol. The maximum atomic E-state index is 12.8. The smallest absolute Gasteiger partial charge is 0.236 e. The largest absolute Gasteiger partial charge is 0.490 e. The summed E-state index contributed by atoms with van der Waals surface area (Å²) in [6.45, 7) is 10.2. The zero-order valence-corrected chi connectivity index (χ0v) is 16.6. The van der Waals surface area contributed by atoms with Gasteiger partial charge in [0, 0.05) is 18.3 Å². The van der Waals surface area contributed by atoms with Gasteiger partial charge in [-0.3, -0.25) is 9.59 Å². The van der Waals surface area contributed by atoms with Gasteiger partial charge in [0.15, 0.2) is 0 Å². The van der Waals surface area contributed by atoms with E-state index in [1.165, 1.54) is 0 Å². The molecule has 1 aliphatic rings. The first-order valence-electron chi connectivity index (χ1n) is 9.35. The third kappa shape index (κ3) is 4.25. The van der Waals surface area contributed by atoms with Crippen LogP contribution in [-0.4, -0.2) is 25.0 Å². The minimum absolute atomic E-state index is 0.0117. The quantitative estimate of drug-likeness (QED) is 0.797. The first-order valence-corrected chi connectivity index (χ1v) is 9.35. The van der Waals surface area contributed by atoms with E-state index in [2.05, 4.69) is 11.9 Å². The number of anilines is 2. The van der Waals surface area contributed by atoms with Crippen molar-refractivity contribution in [2.24, 2.45) is 5.41 Å². The van der Waals surface area contributed by atoms with E-state index in [1.807, 2.05) is 45.0 Å². The van der Waals surface area contributed by atoms with Crippen molar-refractivity contribution in [2.75, 3.05) is 23.4 Å². The summed E-state index contributed by atoms with van der Waals surface area (Å²) in [6, 6.07) is 13.3. The molecule has 0 fully saturated rings. The molecule has 0 aliphatic carbocycles. The number of fused-ring (bicyclic) bond motifs is 1. The number of benzene rings is 2. The van der Waals surface area contributed by atoms with Crippen molar-refractivity contribution in [3.8, 4) is 5.75 Å². The van der Waals surface area contributed by atoms with E-state index in [0.29, 0.717) is 30.1 Å². The van der Waals surface area contributed by atoms with Gasteiger partial charge in [-0.05, 0) is 38.5 Å². The Balaban J connectivity index is 1.81. The van der Waals surface area contributed by atoms with Crippen molar-refractivity contribution in [3.05, 3.63) is 66.2 Å². The van der Waals surface area contributed by atoms with E-state index >= 15 is 0 Å². The van der Waals surface area contributed by atoms with E-state index in [9.17, 15) is 9.59 Å². The predicted octanol–water partition coefficient (Wildman–Crippen LogP) is 4.11. The average Bonchev–Trinajstić information content (AvgIpc) is 2.72. The topological polar surface area (TPSA) is 58.6 Å². The minimum atomic E-state index is -0.642. The summed E-state index contributed by atoms with van der Waals surface area (Å²) in [7, 11) is 0. The first kappa shape index (κ1) is 19.7. The Morgan fingerprint density at radius 2 is 2.07 bits per heavy atom. The Kier molecular flexibility index (Phi) is 5.54. The molecule has 1 heterocycles. The van der Waals surface area contributed by atoms with Crippen LogP contribution in [0.1, 0.15) is 25.0 Å². The number of carbonyl (C=O) groups excluding carboxylic acids is 2. The molecule has 0 atom stereocenters. The number of nitrogens with one attached hydrogen (secondary N) is 1. The fourth-order valence-electron chi connectivity index (χ4n) is 3.25. The highest BCUT2D eigenvalue weighted by Gasteiger charge is 2.37. The highest BCUT2D eigenvalue weighted by Crippen LogP contribution is 2.38. The van der Waals surface area contributed by atoms with Gasteiger partial charge in [0.2, 0.25) is 11.8 Å². The fourth-order valence-corrected chi connectivity index (χ4v) is 3.25. The number of nitrogens with zero attached hydrogens (tertiary/aromatic N) is 1. The lowest BCUT2D eigenvalue weighted by molar-refractivity contribution is -0.127. The third-order valence-corrected chi connectivity index (χ3v) is 4.71. The predicted molar refractivity (Wildman–Crippen MR) is 112 cm³/mol. The molecule has 2 amide bonds. The number of amides is 2. The molecule has 146 valence electrons. The second-order valence-corrected chi connectivity index (χ2v) is 7.77. The van der Waals surface area contributed by atoms with E-state index in [-0.39, 0.29) is 18.4 Å². The summed E-state index contributed by atoms with van der Waals surface area (Å²) in [4.78, 5) is 26.9. The summed E-state index contributed by atoms with van der Waals surface area (Å²) >= 11 is 0. The third-order valence-electron chi connectivity index (χ3n) is 4.71. The molecule has 2 aromatic rings. The number of rotatable bonds is 5. The van der Waals surface area contributed by atoms with Crippen molar-refractivity contribution in [1.82, 2.24) is 0 Å². The summed E-state index contributed by atoms with van der Waals surface area (Å²) in [5.74, 6) is 0.468. The van der Waals surface area contributed by atoms with Crippen LogP contribution in [0, 0.1) is 12.3 Å². The van der Waals surface area contributed by atoms with Crippen molar-refractivity contribution in [1.29, 1.82) is 0 Å². The maximum absolute atomic E-state index is 12.8. The van der Waals surface area contributed by atoms with E-state index < -0.39 is 5.41 Å². The second kappa shape index (κ2) is 7.89. The normalized spacial score (nSPS) is 15.2. The number of aryl methyl sites for hydroxylation is 1. The highest BCUT2D eigenvalue weighted by atomic mass is 16.5. The number of hydrogen-bond acceptors (Lipinski definition) is 3. The van der Waals surface area contributed by atoms with Crippen LogP contribution in [0.5, 0.6) is 5.75 Å². The fraction of sp³-hybridized carbons (Fsp3) is 0.304. The lowest BCUT2D eigenvalue weighted by Crippen LogP contribution is -2.42. The number of carbonyl (C=O) groups is 2. The van der Waals surface area contributed by atoms with Gasteiger partial charge in [0.25, 0.3) is 0 Å². The van der Waals surface area contributed by atoms with Gasteiger partial charge < -0.3 is 15.0 Å². The molecule has 5 nitrogen and oxygen atoms in total. The molecule has 0 saturated carbocycles. The minimum Gasteiger partial charge on any atom is -0.490 e. The molecule has 2 aromatic carbocycles. The van der Waals surface area contributed by atoms with Crippen molar-refractivity contribution < 1.29 is 14.3 Å². The van der Waals surface area contributed by atoms with Crippen LogP contribution in [0.4, 0.5) is 11.4 Å². The Bertz CT molecular complexity index is 918. The van der Waals surface area contributed by atoms with Gasteiger partial charge in [-0.2, -0.15) is 0 Å². The van der Waals surface area contributed by atoms with Crippen LogP contribution < -0.4 is 15.0 Å². The summed E-state index contributed by atoms with van der Waals surface area (Å²) in [6.07, 6.45) is 1.99. The molecule has 3 rings (SSSR count). The van der Waals surface area contributed by atoms with Crippen LogP contribution in [-0.2, 0) is 16.0 Å². The Morgan fingerprint density at radius 1 is 1.29 bits per heavy atom. The lowest BCUT2D eigenvalue weighted by atomic mass is 9.93. The Hall–Kier alpha value is -3.08. The lowest BCUT2D eigenvalue weighted by Gasteiger charge is -2.27. The standard InChI is InChI=1S/C23H26N2O3/c1-5-11-25-19-10-9-18(14-20(19)28-15-23(3,4)22(25)27)24-21(26)13-17-8-6-7-16(2)12-17/h5-10,12,14H,1,11,13,15H2,2-4H3,(H,24,26). The first-order chi connectivity index (χ1) is 13.3. The van der Waals surface area contributed by atoms with Crippen LogP contribution in [0.25, 0.3) is 0 Å². The van der Waals surface area contributed by atoms with Gasteiger partial charge in [-0.15, -0.1) is 6.58 Å². The molecular formula is C23H26N2O3. The second-order valence-electron chi connectivity index (χ2n) is 7.77. The van der Waals surface area contributed by atoms with Crippen LogP contribution in [0.3, 0.4) is 0 Å². The molecule has 0 unspecified atom stereocenters. The van der Waals surface area contributed by atoms with Crippen LogP contribution >= 0.6 is 0 Å². The van der Waals surface area contributed by atoms with Gasteiger partial charge in [0.05, 0.1) is 17.5 Å². The Labute approximate surface area is 166 Å². The summed E-state index contributed by atoms with van der Waals surface area (Å²) in [5, 5.41) is 2.92. The van der Waals surface area contributed by atoms with Gasteiger partial charge in [-0.25, -0.2) is 0 Å². The monoisotopic (exact) mass is 378 g/mol. The van der Waals surface area contributed by atoms with Crippen molar-refractivity contribution in [2.45, 2.75) is 27.2 Å². The molecular weight excluding hydrogens is 352 g/mol. The van der Waals surface area contributed by atoms with Crippen molar-refractivity contribution in [3.63, 3.8) is 0 Å². The van der Waals surface area contributed by atoms with E-state index in [0.717, 1.165) is 11.1 Å². The Morgan fingerprint density at radius 3 is 2.79 bits per heavy atom. The molecule has 28 heavy (non-hydrogen) atoms. The number of hydrogen-bond donors (Lipinski definition) is 1. The zero-order valence-electron chi connectivity index (χ0n) is 16.6. The maximum Gasteiger partial charge on any atom is 0.236 e. The van der Waals surface area contributed by atoms with Gasteiger partial charge in [0.1, 0.15) is 12.4 Å². The molecule has 0 bridgehead atoms. The molecule has 1 aliphatic heterocycles. The van der Waals surface area contributed by atoms with Gasteiger partial charge in [-0.1, -0.05) is 35.9 Å². The zero-order chi connectivity index (χ0) is 20.3. The SMILES string of the molecule is C=CCN1C(=O)C(C)(C)COc2cc(NC(=O)Cc3cccc(C)c3)ccc21.